The van der Waals surface area contributed by atoms with Gasteiger partial charge in [0.05, 0.1) is 0 Å². The molecule has 0 bridgehead atoms. The highest BCUT2D eigenvalue weighted by Gasteiger charge is 2.16. The Labute approximate surface area is 98.7 Å². The van der Waals surface area contributed by atoms with Crippen LogP contribution in [-0.2, 0) is 6.42 Å². The minimum absolute atomic E-state index is 0.699. The molecule has 0 radical (unpaired) electrons. The molecule has 0 spiro atoms. The van der Waals surface area contributed by atoms with Crippen molar-refractivity contribution in [2.45, 2.75) is 25.8 Å². The lowest BCUT2D eigenvalue weighted by Gasteiger charge is -2.33. The van der Waals surface area contributed by atoms with Crippen LogP contribution in [0.25, 0.3) is 0 Å². The van der Waals surface area contributed by atoms with Crippen molar-refractivity contribution in [3.8, 4) is 0 Å². The summed E-state index contributed by atoms with van der Waals surface area (Å²) in [5.41, 5.74) is 1.45. The van der Waals surface area contributed by atoms with Crippen molar-refractivity contribution >= 4 is 0 Å². The quantitative estimate of drug-likeness (QED) is 0.830. The first-order valence-electron chi connectivity index (χ1n) is 6.38. The van der Waals surface area contributed by atoms with E-state index < -0.39 is 0 Å². The Bertz CT molecular complexity index is 297. The van der Waals surface area contributed by atoms with E-state index in [1.54, 1.807) is 0 Å². The Morgan fingerprint density at radius 3 is 2.88 bits per heavy atom. The van der Waals surface area contributed by atoms with Crippen molar-refractivity contribution in [2.75, 3.05) is 26.2 Å². The molecule has 1 aromatic carbocycles. The van der Waals surface area contributed by atoms with E-state index >= 15 is 0 Å². The Morgan fingerprint density at radius 2 is 2.12 bits per heavy atom. The Kier molecular flexibility index (Phi) is 4.37. The molecule has 0 amide bonds. The molecule has 1 N–H and O–H groups in total. The zero-order chi connectivity index (χ0) is 11.2. The first-order valence-corrected chi connectivity index (χ1v) is 6.38. The van der Waals surface area contributed by atoms with Crippen LogP contribution in [0.15, 0.2) is 30.3 Å². The first kappa shape index (κ1) is 11.6. The molecule has 1 saturated heterocycles. The van der Waals surface area contributed by atoms with Crippen LogP contribution in [0.2, 0.25) is 0 Å². The molecule has 0 saturated carbocycles. The molecule has 1 aliphatic heterocycles. The SMILES string of the molecule is CCC1CN(CCc2ccccc2)CCN1. The van der Waals surface area contributed by atoms with Crippen molar-refractivity contribution in [3.63, 3.8) is 0 Å². The van der Waals surface area contributed by atoms with Gasteiger partial charge in [-0.2, -0.15) is 0 Å². The van der Waals surface area contributed by atoms with Crippen molar-refractivity contribution in [2.24, 2.45) is 0 Å². The van der Waals surface area contributed by atoms with Crippen LogP contribution in [0.5, 0.6) is 0 Å². The summed E-state index contributed by atoms with van der Waals surface area (Å²) in [4.78, 5) is 2.58. The van der Waals surface area contributed by atoms with E-state index in [0.29, 0.717) is 6.04 Å². The molecule has 1 unspecified atom stereocenters. The van der Waals surface area contributed by atoms with E-state index in [1.807, 2.05) is 0 Å². The third-order valence-corrected chi connectivity index (χ3v) is 3.39. The number of nitrogens with one attached hydrogen (secondary N) is 1. The van der Waals surface area contributed by atoms with Crippen LogP contribution < -0.4 is 5.32 Å². The molecule has 2 heteroatoms. The Hall–Kier alpha value is -0.860. The fourth-order valence-electron chi connectivity index (χ4n) is 2.30. The molecule has 0 aromatic heterocycles. The predicted molar refractivity (Wildman–Crippen MR) is 68.7 cm³/mol. The Morgan fingerprint density at radius 1 is 1.31 bits per heavy atom. The molecule has 1 fully saturated rings. The van der Waals surface area contributed by atoms with Crippen LogP contribution in [0.1, 0.15) is 18.9 Å². The monoisotopic (exact) mass is 218 g/mol. The maximum Gasteiger partial charge on any atom is 0.0192 e. The molecule has 88 valence electrons. The molecule has 2 rings (SSSR count). The van der Waals surface area contributed by atoms with Crippen LogP contribution in [-0.4, -0.2) is 37.1 Å². The average molecular weight is 218 g/mol. The predicted octanol–water partition coefficient (Wildman–Crippen LogP) is 1.91. The average Bonchev–Trinajstić information content (AvgIpc) is 2.38. The molecule has 1 heterocycles. The molecule has 1 aromatic rings. The highest BCUT2D eigenvalue weighted by atomic mass is 15.2. The van der Waals surface area contributed by atoms with Crippen LogP contribution in [0, 0.1) is 0 Å². The Balaban J connectivity index is 1.77. The van der Waals surface area contributed by atoms with E-state index in [-0.39, 0.29) is 0 Å². The van der Waals surface area contributed by atoms with Gasteiger partial charge in [0.1, 0.15) is 0 Å². The minimum Gasteiger partial charge on any atom is -0.311 e. The lowest BCUT2D eigenvalue weighted by molar-refractivity contribution is 0.199. The summed E-state index contributed by atoms with van der Waals surface area (Å²) in [6.45, 7) is 7.01. The zero-order valence-corrected chi connectivity index (χ0v) is 10.2. The summed E-state index contributed by atoms with van der Waals surface area (Å²) < 4.78 is 0. The van der Waals surface area contributed by atoms with Gasteiger partial charge in [-0.15, -0.1) is 0 Å². The van der Waals surface area contributed by atoms with Gasteiger partial charge in [-0.05, 0) is 18.4 Å². The standard InChI is InChI=1S/C14H22N2/c1-2-14-12-16(11-9-15-14)10-8-13-6-4-3-5-7-13/h3-7,14-15H,2,8-12H2,1H3. The van der Waals surface area contributed by atoms with Crippen LogP contribution >= 0.6 is 0 Å². The van der Waals surface area contributed by atoms with Crippen LogP contribution in [0.4, 0.5) is 0 Å². The van der Waals surface area contributed by atoms with Gasteiger partial charge in [-0.25, -0.2) is 0 Å². The minimum atomic E-state index is 0.699. The fraction of sp³-hybridized carbons (Fsp3) is 0.571. The molecule has 16 heavy (non-hydrogen) atoms. The molecule has 1 aliphatic rings. The van der Waals surface area contributed by atoms with Gasteiger partial charge in [-0.3, -0.25) is 0 Å². The van der Waals surface area contributed by atoms with E-state index in [9.17, 15) is 0 Å². The highest BCUT2D eigenvalue weighted by molar-refractivity contribution is 5.14. The fourth-order valence-corrected chi connectivity index (χ4v) is 2.30. The smallest absolute Gasteiger partial charge is 0.0192 e. The first-order chi connectivity index (χ1) is 7.88. The molecular formula is C14H22N2. The van der Waals surface area contributed by atoms with E-state index in [2.05, 4.69) is 47.5 Å². The molecular weight excluding hydrogens is 196 g/mol. The number of piperazine rings is 1. The molecule has 2 nitrogen and oxygen atoms in total. The van der Waals surface area contributed by atoms with Gasteiger partial charge in [0.2, 0.25) is 0 Å². The number of hydrogen-bond donors (Lipinski definition) is 1. The van der Waals surface area contributed by atoms with Gasteiger partial charge in [0.15, 0.2) is 0 Å². The maximum absolute atomic E-state index is 3.56. The zero-order valence-electron chi connectivity index (χ0n) is 10.2. The number of hydrogen-bond acceptors (Lipinski definition) is 2. The van der Waals surface area contributed by atoms with Gasteiger partial charge >= 0.3 is 0 Å². The summed E-state index contributed by atoms with van der Waals surface area (Å²) in [5.74, 6) is 0. The number of rotatable bonds is 4. The van der Waals surface area contributed by atoms with Gasteiger partial charge < -0.3 is 10.2 Å². The highest BCUT2D eigenvalue weighted by Crippen LogP contribution is 2.05. The maximum atomic E-state index is 3.56. The van der Waals surface area contributed by atoms with Crippen molar-refractivity contribution < 1.29 is 0 Å². The van der Waals surface area contributed by atoms with Gasteiger partial charge in [0.25, 0.3) is 0 Å². The van der Waals surface area contributed by atoms with Gasteiger partial charge in [-0.1, -0.05) is 37.3 Å². The summed E-state index contributed by atoms with van der Waals surface area (Å²) in [5, 5.41) is 3.56. The van der Waals surface area contributed by atoms with Crippen molar-refractivity contribution in [1.82, 2.24) is 10.2 Å². The summed E-state index contributed by atoms with van der Waals surface area (Å²) in [7, 11) is 0. The van der Waals surface area contributed by atoms with Crippen LogP contribution in [0.3, 0.4) is 0 Å². The van der Waals surface area contributed by atoms with E-state index in [1.165, 1.54) is 38.0 Å². The second kappa shape index (κ2) is 6.02. The van der Waals surface area contributed by atoms with E-state index in [0.717, 1.165) is 6.54 Å². The summed E-state index contributed by atoms with van der Waals surface area (Å²) in [6.07, 6.45) is 2.42. The lowest BCUT2D eigenvalue weighted by Crippen LogP contribution is -2.50. The van der Waals surface area contributed by atoms with Gasteiger partial charge in [0, 0.05) is 32.2 Å². The second-order valence-corrected chi connectivity index (χ2v) is 4.60. The third-order valence-electron chi connectivity index (χ3n) is 3.39. The molecule has 0 aliphatic carbocycles. The third kappa shape index (κ3) is 3.32. The van der Waals surface area contributed by atoms with E-state index in [4.69, 9.17) is 0 Å². The summed E-state index contributed by atoms with van der Waals surface area (Å²) >= 11 is 0. The lowest BCUT2D eigenvalue weighted by atomic mass is 10.1. The number of benzene rings is 1. The van der Waals surface area contributed by atoms with Crippen molar-refractivity contribution in [1.29, 1.82) is 0 Å². The largest absolute Gasteiger partial charge is 0.311 e. The second-order valence-electron chi connectivity index (χ2n) is 4.60. The normalized spacial score (nSPS) is 22.2. The summed E-state index contributed by atoms with van der Waals surface area (Å²) in [6, 6.07) is 11.5. The van der Waals surface area contributed by atoms with Crippen molar-refractivity contribution in [3.05, 3.63) is 35.9 Å². The topological polar surface area (TPSA) is 15.3 Å². The molecule has 1 atom stereocenters. The number of nitrogens with zero attached hydrogens (tertiary/aromatic N) is 1.